The van der Waals surface area contributed by atoms with Gasteiger partial charge in [-0.25, -0.2) is 4.57 Å². The van der Waals surface area contributed by atoms with Crippen LogP contribution in [0, 0.1) is 13.8 Å². The standard InChI is InChI=1S/C21H30N/c1-14(2)18-12-20(17-10-9-15(3)11-16(17)4)22(8)13-19(18)21(5,6)7/h9-14H,1-8H3/q+1. The third-order valence-corrected chi connectivity index (χ3v) is 4.39. The smallest absolute Gasteiger partial charge is 0.201 e. The van der Waals surface area contributed by atoms with Crippen LogP contribution in [0.5, 0.6) is 0 Å². The highest BCUT2D eigenvalue weighted by atomic mass is 14.9. The first-order valence-electron chi connectivity index (χ1n) is 8.23. The maximum atomic E-state index is 2.39. The van der Waals surface area contributed by atoms with Gasteiger partial charge in [-0.3, -0.25) is 0 Å². The molecule has 2 aromatic rings. The topological polar surface area (TPSA) is 3.88 Å². The van der Waals surface area contributed by atoms with E-state index in [1.54, 1.807) is 0 Å². The minimum Gasteiger partial charge on any atom is -0.201 e. The van der Waals surface area contributed by atoms with Gasteiger partial charge in [0.25, 0.3) is 0 Å². The van der Waals surface area contributed by atoms with Gasteiger partial charge in [0.2, 0.25) is 5.69 Å². The van der Waals surface area contributed by atoms with Gasteiger partial charge >= 0.3 is 0 Å². The summed E-state index contributed by atoms with van der Waals surface area (Å²) in [5.41, 5.74) is 8.36. The first-order valence-corrected chi connectivity index (χ1v) is 8.23. The van der Waals surface area contributed by atoms with Crippen LogP contribution in [-0.2, 0) is 12.5 Å². The number of pyridine rings is 1. The Hall–Kier alpha value is -1.63. The zero-order valence-electron chi connectivity index (χ0n) is 15.4. The van der Waals surface area contributed by atoms with Crippen LogP contribution in [0.4, 0.5) is 0 Å². The predicted octanol–water partition coefficient (Wildman–Crippen LogP) is 5.22. The van der Waals surface area contributed by atoms with E-state index < -0.39 is 0 Å². The number of hydrogen-bond acceptors (Lipinski definition) is 0. The molecular formula is C21H30N+. The summed E-state index contributed by atoms with van der Waals surface area (Å²) in [5.74, 6) is 0.528. The highest BCUT2D eigenvalue weighted by Gasteiger charge is 2.25. The molecule has 0 aliphatic carbocycles. The molecule has 1 heteroatoms. The van der Waals surface area contributed by atoms with Gasteiger partial charge in [-0.15, -0.1) is 0 Å². The molecule has 0 amide bonds. The van der Waals surface area contributed by atoms with E-state index in [4.69, 9.17) is 0 Å². The number of nitrogens with zero attached hydrogens (tertiary/aromatic N) is 1. The van der Waals surface area contributed by atoms with Crippen molar-refractivity contribution in [2.75, 3.05) is 0 Å². The molecule has 0 atom stereocenters. The van der Waals surface area contributed by atoms with Gasteiger partial charge < -0.3 is 0 Å². The number of hydrogen-bond donors (Lipinski definition) is 0. The Bertz CT molecular complexity index is 688. The van der Waals surface area contributed by atoms with Crippen molar-refractivity contribution in [3.8, 4) is 11.3 Å². The monoisotopic (exact) mass is 296 g/mol. The van der Waals surface area contributed by atoms with Gasteiger partial charge in [0.1, 0.15) is 7.05 Å². The summed E-state index contributed by atoms with van der Waals surface area (Å²) in [6.07, 6.45) is 2.32. The molecule has 1 heterocycles. The van der Waals surface area contributed by atoms with E-state index in [-0.39, 0.29) is 5.41 Å². The van der Waals surface area contributed by atoms with Crippen LogP contribution >= 0.6 is 0 Å². The summed E-state index contributed by atoms with van der Waals surface area (Å²) in [7, 11) is 2.16. The van der Waals surface area contributed by atoms with Gasteiger partial charge in [-0.2, -0.15) is 0 Å². The summed E-state index contributed by atoms with van der Waals surface area (Å²) < 4.78 is 2.28. The Morgan fingerprint density at radius 2 is 1.64 bits per heavy atom. The summed E-state index contributed by atoms with van der Waals surface area (Å²) in [6, 6.07) is 9.11. The SMILES string of the molecule is Cc1ccc(-c2cc(C(C)C)c(C(C)(C)C)c[n+]2C)c(C)c1. The van der Waals surface area contributed by atoms with Crippen molar-refractivity contribution >= 4 is 0 Å². The second-order valence-electron chi connectivity index (χ2n) is 7.86. The maximum absolute atomic E-state index is 2.39. The lowest BCUT2D eigenvalue weighted by atomic mass is 9.81. The van der Waals surface area contributed by atoms with Gasteiger partial charge in [-0.05, 0) is 42.4 Å². The molecule has 0 unspecified atom stereocenters. The average Bonchev–Trinajstić information content (AvgIpc) is 2.37. The molecule has 0 fully saturated rings. The lowest BCUT2D eigenvalue weighted by molar-refractivity contribution is -0.661. The molecule has 0 bridgehead atoms. The largest absolute Gasteiger partial charge is 0.212 e. The van der Waals surface area contributed by atoms with Crippen LogP contribution in [0.2, 0.25) is 0 Å². The molecule has 0 saturated carbocycles. The third kappa shape index (κ3) is 3.24. The zero-order valence-corrected chi connectivity index (χ0v) is 15.4. The molecule has 2 rings (SSSR count). The Kier molecular flexibility index (Phi) is 4.47. The lowest BCUT2D eigenvalue weighted by Crippen LogP contribution is -2.34. The van der Waals surface area contributed by atoms with Crippen LogP contribution in [0.1, 0.15) is 62.8 Å². The average molecular weight is 296 g/mol. The highest BCUT2D eigenvalue weighted by Crippen LogP contribution is 2.32. The van der Waals surface area contributed by atoms with Gasteiger partial charge in [0.05, 0.1) is 0 Å². The lowest BCUT2D eigenvalue weighted by Gasteiger charge is -2.23. The predicted molar refractivity (Wildman–Crippen MR) is 95.3 cm³/mol. The van der Waals surface area contributed by atoms with Gasteiger partial charge in [0, 0.05) is 17.2 Å². The van der Waals surface area contributed by atoms with E-state index in [9.17, 15) is 0 Å². The Balaban J connectivity index is 2.71. The second-order valence-corrected chi connectivity index (χ2v) is 7.86. The fourth-order valence-electron chi connectivity index (χ4n) is 3.14. The van der Waals surface area contributed by atoms with Crippen molar-refractivity contribution in [1.29, 1.82) is 0 Å². The first kappa shape index (κ1) is 16.7. The van der Waals surface area contributed by atoms with Crippen LogP contribution in [0.15, 0.2) is 30.5 Å². The molecule has 118 valence electrons. The van der Waals surface area contributed by atoms with Crippen molar-refractivity contribution in [1.82, 2.24) is 0 Å². The van der Waals surface area contributed by atoms with Gasteiger partial charge in [0.15, 0.2) is 6.20 Å². The zero-order chi connectivity index (χ0) is 16.7. The molecular weight excluding hydrogens is 266 g/mol. The molecule has 1 nitrogen and oxygen atoms in total. The third-order valence-electron chi connectivity index (χ3n) is 4.39. The quantitative estimate of drug-likeness (QED) is 0.669. The maximum Gasteiger partial charge on any atom is 0.212 e. The van der Waals surface area contributed by atoms with Crippen molar-refractivity contribution in [2.24, 2.45) is 7.05 Å². The first-order chi connectivity index (χ1) is 10.1. The van der Waals surface area contributed by atoms with E-state index in [0.29, 0.717) is 5.92 Å². The van der Waals surface area contributed by atoms with Crippen LogP contribution < -0.4 is 4.57 Å². The second kappa shape index (κ2) is 5.87. The molecule has 0 radical (unpaired) electrons. The molecule has 22 heavy (non-hydrogen) atoms. The molecule has 1 aromatic heterocycles. The molecule has 0 saturated heterocycles. The van der Waals surface area contributed by atoms with Crippen molar-refractivity contribution in [2.45, 2.75) is 59.8 Å². The number of aromatic nitrogens is 1. The molecule has 1 aromatic carbocycles. The molecule has 0 aliphatic rings. The molecule has 0 aliphatic heterocycles. The van der Waals surface area contributed by atoms with E-state index >= 15 is 0 Å². The van der Waals surface area contributed by atoms with Gasteiger partial charge in [-0.1, -0.05) is 52.3 Å². The van der Waals surface area contributed by atoms with Crippen molar-refractivity contribution in [3.05, 3.63) is 52.7 Å². The number of aryl methyl sites for hydroxylation is 3. The Morgan fingerprint density at radius 3 is 2.14 bits per heavy atom. The van der Waals surface area contributed by atoms with Crippen LogP contribution in [-0.4, -0.2) is 0 Å². The fraction of sp³-hybridized carbons (Fsp3) is 0.476. The molecule has 0 spiro atoms. The summed E-state index contributed by atoms with van der Waals surface area (Å²) in [4.78, 5) is 0. The number of rotatable bonds is 2. The fourth-order valence-corrected chi connectivity index (χ4v) is 3.14. The summed E-state index contributed by atoms with van der Waals surface area (Å²) >= 11 is 0. The van der Waals surface area contributed by atoms with Crippen LogP contribution in [0.3, 0.4) is 0 Å². The van der Waals surface area contributed by atoms with E-state index in [2.05, 4.69) is 90.5 Å². The summed E-state index contributed by atoms with van der Waals surface area (Å²) in [5, 5.41) is 0. The summed E-state index contributed by atoms with van der Waals surface area (Å²) in [6.45, 7) is 15.8. The highest BCUT2D eigenvalue weighted by molar-refractivity contribution is 5.62. The number of benzene rings is 1. The minimum atomic E-state index is 0.165. The Labute approximate surface area is 136 Å². The minimum absolute atomic E-state index is 0.165. The Morgan fingerprint density at radius 1 is 1.00 bits per heavy atom. The van der Waals surface area contributed by atoms with E-state index in [1.165, 1.54) is 33.5 Å². The van der Waals surface area contributed by atoms with E-state index in [1.807, 2.05) is 0 Å². The van der Waals surface area contributed by atoms with E-state index in [0.717, 1.165) is 0 Å². The van der Waals surface area contributed by atoms with Crippen molar-refractivity contribution < 1.29 is 4.57 Å². The normalized spacial score (nSPS) is 12.0. The van der Waals surface area contributed by atoms with Crippen LogP contribution in [0.25, 0.3) is 11.3 Å². The van der Waals surface area contributed by atoms with Crippen molar-refractivity contribution in [3.63, 3.8) is 0 Å². The molecule has 0 N–H and O–H groups in total.